The number of anilines is 3. The second-order valence-corrected chi connectivity index (χ2v) is 6.31. The van der Waals surface area contributed by atoms with E-state index in [1.54, 1.807) is 37.3 Å². The van der Waals surface area contributed by atoms with Crippen LogP contribution in [-0.2, 0) is 11.2 Å². The highest BCUT2D eigenvalue weighted by atomic mass is 16.5. The van der Waals surface area contributed by atoms with E-state index in [2.05, 4.69) is 27.5 Å². The molecule has 0 bridgehead atoms. The minimum Gasteiger partial charge on any atom is -0.465 e. The molecule has 0 aliphatic heterocycles. The normalized spacial score (nSPS) is 10.3. The SMILES string of the molecule is CCc1ccccc1Nc1cc(C(=O)Nc2ccccc2C(=O)OC)nc(C)n1. The molecule has 148 valence electrons. The Kier molecular flexibility index (Phi) is 6.19. The van der Waals surface area contributed by atoms with Gasteiger partial charge in [-0.3, -0.25) is 4.79 Å². The number of methoxy groups -OCH3 is 1. The molecule has 3 aromatic rings. The van der Waals surface area contributed by atoms with Crippen LogP contribution >= 0.6 is 0 Å². The highest BCUT2D eigenvalue weighted by Gasteiger charge is 2.16. The van der Waals surface area contributed by atoms with E-state index >= 15 is 0 Å². The third-order valence-corrected chi connectivity index (χ3v) is 4.31. The van der Waals surface area contributed by atoms with Crippen molar-refractivity contribution < 1.29 is 14.3 Å². The van der Waals surface area contributed by atoms with Crippen LogP contribution in [-0.4, -0.2) is 29.0 Å². The van der Waals surface area contributed by atoms with E-state index in [0.29, 0.717) is 17.3 Å². The van der Waals surface area contributed by atoms with Gasteiger partial charge in [0.1, 0.15) is 17.3 Å². The van der Waals surface area contributed by atoms with Gasteiger partial charge in [0.15, 0.2) is 0 Å². The van der Waals surface area contributed by atoms with Crippen molar-refractivity contribution in [2.75, 3.05) is 17.7 Å². The van der Waals surface area contributed by atoms with Gasteiger partial charge in [0, 0.05) is 11.8 Å². The Balaban J connectivity index is 1.87. The molecule has 1 heterocycles. The summed E-state index contributed by atoms with van der Waals surface area (Å²) < 4.78 is 4.76. The summed E-state index contributed by atoms with van der Waals surface area (Å²) in [5.74, 6) is -0.00263. The lowest BCUT2D eigenvalue weighted by Crippen LogP contribution is -2.17. The average molecular weight is 390 g/mol. The van der Waals surface area contributed by atoms with Crippen molar-refractivity contribution in [2.45, 2.75) is 20.3 Å². The van der Waals surface area contributed by atoms with Gasteiger partial charge in [-0.1, -0.05) is 37.3 Å². The molecule has 29 heavy (non-hydrogen) atoms. The minimum absolute atomic E-state index is 0.189. The number of nitrogens with one attached hydrogen (secondary N) is 2. The van der Waals surface area contributed by atoms with Gasteiger partial charge in [-0.25, -0.2) is 14.8 Å². The largest absolute Gasteiger partial charge is 0.465 e. The number of carbonyl (C=O) groups is 2. The lowest BCUT2D eigenvalue weighted by Gasteiger charge is -2.12. The summed E-state index contributed by atoms with van der Waals surface area (Å²) in [5, 5.41) is 5.98. The first-order valence-corrected chi connectivity index (χ1v) is 9.21. The molecule has 0 spiro atoms. The number of aryl methyl sites for hydroxylation is 2. The lowest BCUT2D eigenvalue weighted by atomic mass is 10.1. The number of rotatable bonds is 6. The molecule has 0 fully saturated rings. The highest BCUT2D eigenvalue weighted by Crippen LogP contribution is 2.21. The van der Waals surface area contributed by atoms with Crippen molar-refractivity contribution in [3.8, 4) is 0 Å². The summed E-state index contributed by atoms with van der Waals surface area (Å²) in [6, 6.07) is 16.1. The number of amides is 1. The minimum atomic E-state index is -0.529. The summed E-state index contributed by atoms with van der Waals surface area (Å²) in [5.41, 5.74) is 2.88. The monoisotopic (exact) mass is 390 g/mol. The molecule has 0 saturated carbocycles. The molecule has 7 nitrogen and oxygen atoms in total. The van der Waals surface area contributed by atoms with Gasteiger partial charge in [0.05, 0.1) is 18.4 Å². The predicted octanol–water partition coefficient (Wildman–Crippen LogP) is 4.13. The number of ether oxygens (including phenoxy) is 1. The zero-order chi connectivity index (χ0) is 20.8. The Labute approximate surface area is 169 Å². The van der Waals surface area contributed by atoms with Gasteiger partial charge in [0.25, 0.3) is 5.91 Å². The molecule has 3 rings (SSSR count). The van der Waals surface area contributed by atoms with E-state index in [1.807, 2.05) is 24.3 Å². The zero-order valence-electron chi connectivity index (χ0n) is 16.5. The molecule has 1 amide bonds. The van der Waals surface area contributed by atoms with Crippen LogP contribution in [0.15, 0.2) is 54.6 Å². The van der Waals surface area contributed by atoms with Crippen molar-refractivity contribution in [1.29, 1.82) is 0 Å². The van der Waals surface area contributed by atoms with Crippen LogP contribution < -0.4 is 10.6 Å². The number of benzene rings is 2. The molecular formula is C22H22N4O3. The van der Waals surface area contributed by atoms with Gasteiger partial charge >= 0.3 is 5.97 Å². The maximum atomic E-state index is 12.8. The summed E-state index contributed by atoms with van der Waals surface area (Å²) in [6.45, 7) is 3.79. The lowest BCUT2D eigenvalue weighted by molar-refractivity contribution is 0.0602. The van der Waals surface area contributed by atoms with Crippen molar-refractivity contribution in [3.63, 3.8) is 0 Å². The van der Waals surface area contributed by atoms with Crippen LogP contribution in [0.5, 0.6) is 0 Å². The number of esters is 1. The molecule has 1 aromatic heterocycles. The Bertz CT molecular complexity index is 1050. The van der Waals surface area contributed by atoms with Crippen molar-refractivity contribution >= 4 is 29.1 Å². The first kappa shape index (κ1) is 20.0. The van der Waals surface area contributed by atoms with Gasteiger partial charge < -0.3 is 15.4 Å². The Morgan fingerprint density at radius 1 is 1.00 bits per heavy atom. The van der Waals surface area contributed by atoms with Gasteiger partial charge in [-0.15, -0.1) is 0 Å². The third kappa shape index (κ3) is 4.76. The fourth-order valence-electron chi connectivity index (χ4n) is 2.90. The van der Waals surface area contributed by atoms with Crippen LogP contribution in [0.4, 0.5) is 17.2 Å². The first-order valence-electron chi connectivity index (χ1n) is 9.21. The van der Waals surface area contributed by atoms with E-state index in [4.69, 9.17) is 4.74 Å². The summed E-state index contributed by atoms with van der Waals surface area (Å²) >= 11 is 0. The molecule has 2 N–H and O–H groups in total. The van der Waals surface area contributed by atoms with Crippen LogP contribution in [0.3, 0.4) is 0 Å². The topological polar surface area (TPSA) is 93.2 Å². The average Bonchev–Trinajstić information content (AvgIpc) is 2.73. The van der Waals surface area contributed by atoms with Crippen molar-refractivity contribution in [1.82, 2.24) is 9.97 Å². The molecular weight excluding hydrogens is 368 g/mol. The van der Waals surface area contributed by atoms with Crippen LogP contribution in [0.2, 0.25) is 0 Å². The Morgan fingerprint density at radius 3 is 2.41 bits per heavy atom. The molecule has 0 atom stereocenters. The molecule has 0 saturated heterocycles. The second-order valence-electron chi connectivity index (χ2n) is 6.31. The second kappa shape index (κ2) is 8.97. The van der Waals surface area contributed by atoms with E-state index in [-0.39, 0.29) is 11.3 Å². The summed E-state index contributed by atoms with van der Waals surface area (Å²) in [4.78, 5) is 33.3. The fourth-order valence-corrected chi connectivity index (χ4v) is 2.90. The van der Waals surface area contributed by atoms with E-state index in [9.17, 15) is 9.59 Å². The summed E-state index contributed by atoms with van der Waals surface area (Å²) in [7, 11) is 1.29. The van der Waals surface area contributed by atoms with Crippen LogP contribution in [0.1, 0.15) is 39.2 Å². The van der Waals surface area contributed by atoms with Crippen molar-refractivity contribution in [2.24, 2.45) is 0 Å². The zero-order valence-corrected chi connectivity index (χ0v) is 16.5. The maximum absolute atomic E-state index is 12.8. The number of hydrogen-bond acceptors (Lipinski definition) is 6. The van der Waals surface area contributed by atoms with E-state index in [1.165, 1.54) is 7.11 Å². The van der Waals surface area contributed by atoms with Gasteiger partial charge in [0.2, 0.25) is 0 Å². The number of nitrogens with zero attached hydrogens (tertiary/aromatic N) is 2. The highest BCUT2D eigenvalue weighted by molar-refractivity contribution is 6.07. The molecule has 0 unspecified atom stereocenters. The van der Waals surface area contributed by atoms with Crippen LogP contribution in [0, 0.1) is 6.92 Å². The fraction of sp³-hybridized carbons (Fsp3) is 0.182. The third-order valence-electron chi connectivity index (χ3n) is 4.31. The molecule has 0 aliphatic rings. The van der Waals surface area contributed by atoms with E-state index in [0.717, 1.165) is 17.7 Å². The number of para-hydroxylation sites is 2. The van der Waals surface area contributed by atoms with Gasteiger partial charge in [-0.2, -0.15) is 0 Å². The summed E-state index contributed by atoms with van der Waals surface area (Å²) in [6.07, 6.45) is 0.866. The standard InChI is InChI=1S/C22H22N4O3/c1-4-15-9-5-7-11-17(15)25-20-13-19(23-14(2)24-20)21(27)26-18-12-8-6-10-16(18)22(28)29-3/h5-13H,4H2,1-3H3,(H,26,27)(H,23,24,25). The van der Waals surface area contributed by atoms with Crippen molar-refractivity contribution in [3.05, 3.63) is 77.2 Å². The first-order chi connectivity index (χ1) is 14.0. The predicted molar refractivity (Wildman–Crippen MR) is 112 cm³/mol. The van der Waals surface area contributed by atoms with Crippen LogP contribution in [0.25, 0.3) is 0 Å². The maximum Gasteiger partial charge on any atom is 0.339 e. The van der Waals surface area contributed by atoms with E-state index < -0.39 is 11.9 Å². The number of hydrogen-bond donors (Lipinski definition) is 2. The Hall–Kier alpha value is -3.74. The number of carbonyl (C=O) groups excluding carboxylic acids is 2. The molecule has 0 radical (unpaired) electrons. The number of aromatic nitrogens is 2. The quantitative estimate of drug-likeness (QED) is 0.615. The molecule has 0 aliphatic carbocycles. The Morgan fingerprint density at radius 2 is 1.69 bits per heavy atom. The molecule has 2 aromatic carbocycles. The molecule has 7 heteroatoms. The smallest absolute Gasteiger partial charge is 0.339 e. The van der Waals surface area contributed by atoms with Gasteiger partial charge in [-0.05, 0) is 37.1 Å².